The second-order valence-corrected chi connectivity index (χ2v) is 6.86. The van der Waals surface area contributed by atoms with Crippen molar-refractivity contribution in [2.45, 2.75) is 44.6 Å². The molecule has 1 amide bonds. The maximum absolute atomic E-state index is 12.8. The molecule has 5 nitrogen and oxygen atoms in total. The van der Waals surface area contributed by atoms with Crippen molar-refractivity contribution in [1.82, 2.24) is 20.5 Å². The van der Waals surface area contributed by atoms with Gasteiger partial charge >= 0.3 is 0 Å². The molecule has 122 valence electrons. The van der Waals surface area contributed by atoms with Crippen molar-refractivity contribution < 1.29 is 4.79 Å². The van der Waals surface area contributed by atoms with Crippen LogP contribution in [0.25, 0.3) is 10.9 Å². The zero-order valence-electron chi connectivity index (χ0n) is 13.5. The monoisotopic (exact) mass is 320 g/mol. The van der Waals surface area contributed by atoms with Crippen LogP contribution in [0.5, 0.6) is 0 Å². The molecule has 0 saturated carbocycles. The first-order valence-corrected chi connectivity index (χ1v) is 8.77. The lowest BCUT2D eigenvalue weighted by Gasteiger charge is -2.23. The van der Waals surface area contributed by atoms with Crippen molar-refractivity contribution in [3.63, 3.8) is 0 Å². The minimum atomic E-state index is -0.0501. The molecule has 2 aromatic heterocycles. The second kappa shape index (κ2) is 5.23. The van der Waals surface area contributed by atoms with E-state index in [-0.39, 0.29) is 11.9 Å². The van der Waals surface area contributed by atoms with Gasteiger partial charge in [0.05, 0.1) is 6.04 Å². The van der Waals surface area contributed by atoms with Crippen LogP contribution in [0.15, 0.2) is 24.3 Å². The summed E-state index contributed by atoms with van der Waals surface area (Å²) in [5, 5.41) is 11.8. The van der Waals surface area contributed by atoms with Crippen molar-refractivity contribution in [1.29, 1.82) is 0 Å². The molecular weight excluding hydrogens is 300 g/mol. The fraction of sp³-hybridized carbons (Fsp3) is 0.368. The van der Waals surface area contributed by atoms with E-state index >= 15 is 0 Å². The van der Waals surface area contributed by atoms with Gasteiger partial charge in [-0.2, -0.15) is 5.10 Å². The minimum absolute atomic E-state index is 0.0439. The molecule has 0 bridgehead atoms. The van der Waals surface area contributed by atoms with Crippen LogP contribution in [0.1, 0.15) is 58.3 Å². The standard InChI is InChI=1S/C19H20N4O/c24-19(18-13-7-4-9-15(13)22-23-18)21-16-10-3-6-12-11-5-1-2-8-14(11)20-17(12)16/h1-2,5,8,16,20H,3-4,6-7,9-10H2,(H,21,24)(H,22,23). The summed E-state index contributed by atoms with van der Waals surface area (Å²) >= 11 is 0. The normalized spacial score (nSPS) is 19.2. The lowest BCUT2D eigenvalue weighted by molar-refractivity contribution is 0.0926. The number of nitrogens with zero attached hydrogens (tertiary/aromatic N) is 1. The molecule has 5 rings (SSSR count). The van der Waals surface area contributed by atoms with E-state index in [0.717, 1.165) is 55.3 Å². The number of hydrogen-bond acceptors (Lipinski definition) is 2. The van der Waals surface area contributed by atoms with Crippen molar-refractivity contribution in [2.24, 2.45) is 0 Å². The first kappa shape index (κ1) is 13.8. The number of nitrogens with one attached hydrogen (secondary N) is 3. The van der Waals surface area contributed by atoms with Crippen LogP contribution in [0.2, 0.25) is 0 Å². The molecule has 0 radical (unpaired) electrons. The Labute approximate surface area is 139 Å². The number of hydrogen-bond donors (Lipinski definition) is 3. The number of para-hydroxylation sites is 1. The second-order valence-electron chi connectivity index (χ2n) is 6.86. The third kappa shape index (κ3) is 2.00. The van der Waals surface area contributed by atoms with E-state index in [9.17, 15) is 4.79 Å². The summed E-state index contributed by atoms with van der Waals surface area (Å²) in [5.41, 5.74) is 6.52. The molecule has 3 aromatic rings. The Morgan fingerprint density at radius 1 is 1.12 bits per heavy atom. The Bertz CT molecular complexity index is 936. The number of amides is 1. The molecule has 0 spiro atoms. The van der Waals surface area contributed by atoms with Crippen molar-refractivity contribution in [3.8, 4) is 0 Å². The molecule has 2 heterocycles. The molecule has 24 heavy (non-hydrogen) atoms. The third-order valence-electron chi connectivity index (χ3n) is 5.44. The molecule has 5 heteroatoms. The van der Waals surface area contributed by atoms with Crippen LogP contribution in [0.3, 0.4) is 0 Å². The van der Waals surface area contributed by atoms with Gasteiger partial charge in [0.15, 0.2) is 5.69 Å². The van der Waals surface area contributed by atoms with E-state index < -0.39 is 0 Å². The number of carbonyl (C=O) groups excluding carboxylic acids is 1. The van der Waals surface area contributed by atoms with E-state index in [2.05, 4.69) is 38.7 Å². The van der Waals surface area contributed by atoms with E-state index in [0.29, 0.717) is 5.69 Å². The summed E-state index contributed by atoms with van der Waals surface area (Å²) in [6.07, 6.45) is 6.21. The lowest BCUT2D eigenvalue weighted by Crippen LogP contribution is -2.31. The molecule has 2 aliphatic carbocycles. The highest BCUT2D eigenvalue weighted by Crippen LogP contribution is 2.35. The molecule has 0 aliphatic heterocycles. The van der Waals surface area contributed by atoms with Gasteiger partial charge in [0.25, 0.3) is 5.91 Å². The van der Waals surface area contributed by atoms with Gasteiger partial charge in [0.2, 0.25) is 0 Å². The predicted octanol–water partition coefficient (Wildman–Crippen LogP) is 3.19. The number of rotatable bonds is 2. The number of benzene rings is 1. The van der Waals surface area contributed by atoms with Crippen molar-refractivity contribution in [2.75, 3.05) is 0 Å². The summed E-state index contributed by atoms with van der Waals surface area (Å²) < 4.78 is 0. The molecule has 2 aliphatic rings. The topological polar surface area (TPSA) is 73.6 Å². The smallest absolute Gasteiger partial charge is 0.272 e. The van der Waals surface area contributed by atoms with E-state index in [1.807, 2.05) is 6.07 Å². The highest BCUT2D eigenvalue weighted by atomic mass is 16.2. The summed E-state index contributed by atoms with van der Waals surface area (Å²) in [6.45, 7) is 0. The average Bonchev–Trinajstić information content (AvgIpc) is 3.28. The maximum atomic E-state index is 12.8. The van der Waals surface area contributed by atoms with Gasteiger partial charge in [-0.05, 0) is 50.2 Å². The first-order valence-electron chi connectivity index (χ1n) is 8.77. The molecule has 1 unspecified atom stereocenters. The number of aromatic nitrogens is 3. The Morgan fingerprint density at radius 3 is 2.96 bits per heavy atom. The zero-order valence-corrected chi connectivity index (χ0v) is 13.5. The van der Waals surface area contributed by atoms with E-state index in [1.165, 1.54) is 16.6 Å². The van der Waals surface area contributed by atoms with Crippen LogP contribution >= 0.6 is 0 Å². The molecular formula is C19H20N4O. The zero-order chi connectivity index (χ0) is 16.1. The van der Waals surface area contributed by atoms with Gasteiger partial charge in [-0.1, -0.05) is 18.2 Å². The Hall–Kier alpha value is -2.56. The van der Waals surface area contributed by atoms with Crippen LogP contribution in [-0.2, 0) is 19.3 Å². The number of carbonyl (C=O) groups is 1. The SMILES string of the molecule is O=C(NC1CCCc2c1[nH]c1ccccc21)c1n[nH]c2c1CCC2. The molecule has 0 saturated heterocycles. The summed E-state index contributed by atoms with van der Waals surface area (Å²) in [7, 11) is 0. The highest BCUT2D eigenvalue weighted by Gasteiger charge is 2.28. The Kier molecular flexibility index (Phi) is 3.01. The molecule has 3 N–H and O–H groups in total. The fourth-order valence-corrected chi connectivity index (χ4v) is 4.29. The average molecular weight is 320 g/mol. The largest absolute Gasteiger partial charge is 0.356 e. The predicted molar refractivity (Wildman–Crippen MR) is 92.1 cm³/mol. The van der Waals surface area contributed by atoms with E-state index in [1.54, 1.807) is 0 Å². The lowest BCUT2D eigenvalue weighted by atomic mass is 9.91. The van der Waals surface area contributed by atoms with Crippen LogP contribution in [-0.4, -0.2) is 21.1 Å². The highest BCUT2D eigenvalue weighted by molar-refractivity contribution is 5.94. The van der Waals surface area contributed by atoms with Crippen molar-refractivity contribution in [3.05, 3.63) is 52.5 Å². The van der Waals surface area contributed by atoms with Gasteiger partial charge in [0.1, 0.15) is 0 Å². The van der Waals surface area contributed by atoms with Gasteiger partial charge in [-0.3, -0.25) is 9.89 Å². The number of H-pyrrole nitrogens is 2. The van der Waals surface area contributed by atoms with Crippen LogP contribution in [0.4, 0.5) is 0 Å². The van der Waals surface area contributed by atoms with Gasteiger partial charge < -0.3 is 10.3 Å². The number of aromatic amines is 2. The third-order valence-corrected chi connectivity index (χ3v) is 5.44. The molecule has 1 aromatic carbocycles. The quantitative estimate of drug-likeness (QED) is 0.678. The van der Waals surface area contributed by atoms with Gasteiger partial charge in [0, 0.05) is 27.9 Å². The van der Waals surface area contributed by atoms with Crippen molar-refractivity contribution >= 4 is 16.8 Å². The Morgan fingerprint density at radius 2 is 2.00 bits per heavy atom. The van der Waals surface area contributed by atoms with Crippen LogP contribution < -0.4 is 5.32 Å². The fourth-order valence-electron chi connectivity index (χ4n) is 4.29. The Balaban J connectivity index is 1.47. The maximum Gasteiger partial charge on any atom is 0.272 e. The summed E-state index contributed by atoms with van der Waals surface area (Å²) in [4.78, 5) is 16.3. The van der Waals surface area contributed by atoms with Gasteiger partial charge in [-0.15, -0.1) is 0 Å². The number of aryl methyl sites for hydroxylation is 2. The minimum Gasteiger partial charge on any atom is -0.356 e. The summed E-state index contributed by atoms with van der Waals surface area (Å²) in [5.74, 6) is -0.0501. The molecule has 0 fully saturated rings. The van der Waals surface area contributed by atoms with Crippen LogP contribution in [0, 0.1) is 0 Å². The first-order chi connectivity index (χ1) is 11.8. The van der Waals surface area contributed by atoms with Gasteiger partial charge in [-0.25, -0.2) is 0 Å². The molecule has 1 atom stereocenters. The number of fused-ring (bicyclic) bond motifs is 4. The summed E-state index contributed by atoms with van der Waals surface area (Å²) in [6, 6.07) is 8.43. The van der Waals surface area contributed by atoms with E-state index in [4.69, 9.17) is 0 Å².